The fraction of sp³-hybridized carbons (Fsp3) is 0.258. The number of phenolic OH excluding ortho intramolecular Hbond substituents is 1. The fourth-order valence-corrected chi connectivity index (χ4v) is 6.59. The van der Waals surface area contributed by atoms with Crippen LogP contribution in [-0.4, -0.2) is 79.6 Å². The average molecular weight is 611 g/mol. The number of carbonyl (C=O) groups is 3. The van der Waals surface area contributed by atoms with E-state index in [2.05, 4.69) is 10.3 Å². The summed E-state index contributed by atoms with van der Waals surface area (Å²) in [7, 11) is 0. The second-order valence-electron chi connectivity index (χ2n) is 10.7. The van der Waals surface area contributed by atoms with Crippen molar-refractivity contribution in [3.05, 3.63) is 89.5 Å². The molecule has 2 aliphatic heterocycles. The average Bonchev–Trinajstić information content (AvgIpc) is 3.57. The van der Waals surface area contributed by atoms with E-state index >= 15 is 0 Å². The maximum absolute atomic E-state index is 14.1. The topological polar surface area (TPSA) is 159 Å². The highest BCUT2D eigenvalue weighted by Gasteiger charge is 2.52. The molecule has 4 N–H and O–H groups in total. The zero-order chi connectivity index (χ0) is 30.8. The third-order valence-corrected chi connectivity index (χ3v) is 8.71. The van der Waals surface area contributed by atoms with Crippen LogP contribution in [0.5, 0.6) is 5.75 Å². The minimum Gasteiger partial charge on any atom is -0.508 e. The van der Waals surface area contributed by atoms with Gasteiger partial charge in [-0.05, 0) is 34.9 Å². The summed E-state index contributed by atoms with van der Waals surface area (Å²) in [6.45, 7) is 0.117. The van der Waals surface area contributed by atoms with E-state index in [-0.39, 0.29) is 56.7 Å². The van der Waals surface area contributed by atoms with Crippen LogP contribution >= 0.6 is 11.3 Å². The lowest BCUT2D eigenvalue weighted by Crippen LogP contribution is -2.66. The molecule has 0 radical (unpaired) electrons. The Morgan fingerprint density at radius 2 is 1.86 bits per heavy atom. The lowest BCUT2D eigenvalue weighted by molar-refractivity contribution is -0.157. The number of nitrogens with zero attached hydrogens (tertiary/aromatic N) is 6. The molecule has 224 valence electrons. The number of nitrogens with one attached hydrogen (secondary N) is 1. The predicted octanol–water partition coefficient (Wildman–Crippen LogP) is 2.66. The smallest absolute Gasteiger partial charge is 0.333 e. The maximum Gasteiger partial charge on any atom is 0.333 e. The highest BCUT2D eigenvalue weighted by Crippen LogP contribution is 2.32. The third kappa shape index (κ3) is 5.72. The summed E-state index contributed by atoms with van der Waals surface area (Å²) in [6, 6.07) is 22.2. The molecule has 12 nitrogen and oxygen atoms in total. The Kier molecular flexibility index (Phi) is 8.01. The molecule has 44 heavy (non-hydrogen) atoms. The Morgan fingerprint density at radius 3 is 2.61 bits per heavy atom. The Bertz CT molecular complexity index is 1740. The van der Waals surface area contributed by atoms with Crippen molar-refractivity contribution in [2.75, 3.05) is 25.4 Å². The van der Waals surface area contributed by atoms with E-state index in [9.17, 15) is 24.8 Å². The molecule has 2 aliphatic rings. The molecular formula is C31H30N8O4S. The van der Waals surface area contributed by atoms with Crippen LogP contribution in [0.15, 0.2) is 72.8 Å². The van der Waals surface area contributed by atoms with Gasteiger partial charge in [0, 0.05) is 19.5 Å². The number of piperazine rings is 1. The number of hydrogen-bond donors (Lipinski definition) is 3. The van der Waals surface area contributed by atoms with Crippen molar-refractivity contribution < 1.29 is 19.5 Å². The predicted molar refractivity (Wildman–Crippen MR) is 163 cm³/mol. The Hall–Kier alpha value is -5.19. The van der Waals surface area contributed by atoms with Gasteiger partial charge < -0.3 is 26.0 Å². The molecule has 0 bridgehead atoms. The SMILES string of the molecule is N#CCN(C(=O)NCc1ccccc1)N1CC(=O)N2[C@@H](Cc3ccc(O)cc3)C(=O)N(Cc3cccc4sc(N)nc34)C[C@@H]21. The van der Waals surface area contributed by atoms with Crippen molar-refractivity contribution >= 4 is 44.5 Å². The number of thiazole rings is 1. The summed E-state index contributed by atoms with van der Waals surface area (Å²) in [4.78, 5) is 48.8. The first-order chi connectivity index (χ1) is 21.3. The first-order valence-electron chi connectivity index (χ1n) is 14.1. The standard InChI is InChI=1S/C31H30N8O4S/c32-13-14-37(31(43)34-16-21-5-2-1-3-6-21)38-19-27(41)39-24(15-20-9-11-23(40)12-10-20)29(42)36(18-26(38)39)17-22-7-4-8-25-28(22)35-30(33)44-25/h1-12,24,26,40H,14-19H2,(H2,33,35)(H,34,43)/t24-,26+/m0/s1. The van der Waals surface area contributed by atoms with E-state index in [1.165, 1.54) is 33.4 Å². The summed E-state index contributed by atoms with van der Waals surface area (Å²) in [5, 5.41) is 25.5. The van der Waals surface area contributed by atoms with E-state index in [0.717, 1.165) is 21.4 Å². The summed E-state index contributed by atoms with van der Waals surface area (Å²) in [6.07, 6.45) is -0.490. The minimum atomic E-state index is -0.869. The number of aromatic hydroxyl groups is 1. The first kappa shape index (κ1) is 28.9. The van der Waals surface area contributed by atoms with Crippen LogP contribution in [0.3, 0.4) is 0 Å². The molecule has 4 aromatic rings. The molecule has 4 amide bonds. The third-order valence-electron chi connectivity index (χ3n) is 7.86. The number of aromatic nitrogens is 1. The Morgan fingerprint density at radius 1 is 1.09 bits per heavy atom. The molecule has 0 spiro atoms. The molecule has 13 heteroatoms. The van der Waals surface area contributed by atoms with Gasteiger partial charge in [-0.25, -0.2) is 14.8 Å². The first-order valence-corrected chi connectivity index (χ1v) is 14.9. The molecule has 3 aromatic carbocycles. The van der Waals surface area contributed by atoms with Crippen molar-refractivity contribution in [1.29, 1.82) is 5.26 Å². The van der Waals surface area contributed by atoms with Gasteiger partial charge in [0.15, 0.2) is 5.13 Å². The number of rotatable bonds is 8. The Labute approximate surface area is 257 Å². The van der Waals surface area contributed by atoms with Crippen LogP contribution in [0.1, 0.15) is 16.7 Å². The zero-order valence-corrected chi connectivity index (χ0v) is 24.5. The van der Waals surface area contributed by atoms with Crippen LogP contribution in [0, 0.1) is 11.3 Å². The molecule has 0 unspecified atom stereocenters. The monoisotopic (exact) mass is 610 g/mol. The van der Waals surface area contributed by atoms with Crippen LogP contribution in [-0.2, 0) is 29.1 Å². The van der Waals surface area contributed by atoms with Gasteiger partial charge in [-0.2, -0.15) is 10.3 Å². The van der Waals surface area contributed by atoms with Gasteiger partial charge in [0.1, 0.15) is 24.5 Å². The van der Waals surface area contributed by atoms with Crippen molar-refractivity contribution in [1.82, 2.24) is 30.1 Å². The number of nitrogen functional groups attached to an aromatic ring is 1. The van der Waals surface area contributed by atoms with E-state index in [1.807, 2.05) is 54.6 Å². The van der Waals surface area contributed by atoms with E-state index in [1.54, 1.807) is 22.0 Å². The second kappa shape index (κ2) is 12.2. The minimum absolute atomic E-state index is 0.0935. The molecule has 3 heterocycles. The zero-order valence-electron chi connectivity index (χ0n) is 23.7. The number of hydrogen-bond acceptors (Lipinski definition) is 9. The number of fused-ring (bicyclic) bond motifs is 2. The van der Waals surface area contributed by atoms with Crippen molar-refractivity contribution in [2.45, 2.75) is 31.7 Å². The molecule has 0 saturated carbocycles. The molecule has 1 aromatic heterocycles. The van der Waals surface area contributed by atoms with Crippen LogP contribution < -0.4 is 11.1 Å². The van der Waals surface area contributed by atoms with Gasteiger partial charge in [-0.3, -0.25) is 9.59 Å². The summed E-state index contributed by atoms with van der Waals surface area (Å²) >= 11 is 1.36. The second-order valence-corrected chi connectivity index (χ2v) is 11.7. The fourth-order valence-electron chi connectivity index (χ4n) is 5.81. The highest BCUT2D eigenvalue weighted by molar-refractivity contribution is 7.22. The Balaban J connectivity index is 1.32. The van der Waals surface area contributed by atoms with Crippen LogP contribution in [0.25, 0.3) is 10.2 Å². The summed E-state index contributed by atoms with van der Waals surface area (Å²) < 4.78 is 0.902. The molecule has 0 aliphatic carbocycles. The van der Waals surface area contributed by atoms with Crippen LogP contribution in [0.2, 0.25) is 0 Å². The number of hydrazine groups is 1. The summed E-state index contributed by atoms with van der Waals surface area (Å²) in [5.74, 6) is -0.471. The lowest BCUT2D eigenvalue weighted by atomic mass is 9.99. The van der Waals surface area contributed by atoms with Gasteiger partial charge in [-0.15, -0.1) is 0 Å². The number of nitriles is 1. The molecule has 6 rings (SSSR count). The number of phenols is 1. The number of benzene rings is 3. The van der Waals surface area contributed by atoms with Crippen molar-refractivity contribution in [3.8, 4) is 11.8 Å². The quantitative estimate of drug-likeness (QED) is 0.257. The van der Waals surface area contributed by atoms with Gasteiger partial charge in [0.05, 0.1) is 29.4 Å². The largest absolute Gasteiger partial charge is 0.508 e. The number of carbonyl (C=O) groups excluding carboxylic acids is 3. The number of anilines is 1. The number of nitrogens with two attached hydrogens (primary N) is 1. The molecule has 2 atom stereocenters. The van der Waals surface area contributed by atoms with Crippen LogP contribution in [0.4, 0.5) is 9.93 Å². The van der Waals surface area contributed by atoms with E-state index in [0.29, 0.717) is 10.6 Å². The van der Waals surface area contributed by atoms with E-state index in [4.69, 9.17) is 5.73 Å². The van der Waals surface area contributed by atoms with Gasteiger partial charge >= 0.3 is 6.03 Å². The van der Waals surface area contributed by atoms with Crippen molar-refractivity contribution in [2.24, 2.45) is 0 Å². The number of amides is 4. The molecule has 2 saturated heterocycles. The van der Waals surface area contributed by atoms with Gasteiger partial charge in [-0.1, -0.05) is 65.9 Å². The summed E-state index contributed by atoms with van der Waals surface area (Å²) in [5.41, 5.74) is 9.15. The molecule has 2 fully saturated rings. The van der Waals surface area contributed by atoms with Gasteiger partial charge in [0.25, 0.3) is 0 Å². The van der Waals surface area contributed by atoms with E-state index < -0.39 is 18.2 Å². The highest BCUT2D eigenvalue weighted by atomic mass is 32.1. The molecular weight excluding hydrogens is 580 g/mol. The van der Waals surface area contributed by atoms with Gasteiger partial charge in [0.2, 0.25) is 11.8 Å². The lowest BCUT2D eigenvalue weighted by Gasteiger charge is -2.46. The van der Waals surface area contributed by atoms with Crippen molar-refractivity contribution in [3.63, 3.8) is 0 Å². The normalized spacial score (nSPS) is 18.3. The number of urea groups is 1. The number of para-hydroxylation sites is 1. The maximum atomic E-state index is 14.1.